The fourth-order valence-corrected chi connectivity index (χ4v) is 2.90. The Morgan fingerprint density at radius 3 is 2.21 bits per heavy atom. The molecular formula is C18H18O6. The van der Waals surface area contributed by atoms with Crippen LogP contribution in [0.5, 0.6) is 28.7 Å². The second-order valence-corrected chi connectivity index (χ2v) is 5.30. The number of hydrogen-bond donors (Lipinski definition) is 1. The van der Waals surface area contributed by atoms with Crippen molar-refractivity contribution < 1.29 is 28.8 Å². The third kappa shape index (κ3) is 2.40. The maximum Gasteiger partial charge on any atom is 0.211 e. The number of phenols is 1. The van der Waals surface area contributed by atoms with E-state index in [-0.39, 0.29) is 46.5 Å². The molecule has 1 aliphatic rings. The highest BCUT2D eigenvalue weighted by Crippen LogP contribution is 2.55. The molecule has 1 heterocycles. The molecule has 0 amide bonds. The van der Waals surface area contributed by atoms with Crippen LogP contribution in [0.2, 0.25) is 0 Å². The van der Waals surface area contributed by atoms with Crippen molar-refractivity contribution in [1.82, 2.24) is 0 Å². The number of aromatic hydroxyl groups is 1. The Labute approximate surface area is 139 Å². The van der Waals surface area contributed by atoms with Gasteiger partial charge in [0.25, 0.3) is 0 Å². The molecule has 2 aromatic rings. The third-order valence-electron chi connectivity index (χ3n) is 3.99. The molecule has 126 valence electrons. The predicted molar refractivity (Wildman–Crippen MR) is 86.5 cm³/mol. The van der Waals surface area contributed by atoms with Gasteiger partial charge in [0, 0.05) is 0 Å². The standard InChI is InChI=1S/C18H18O6/c1-21-15-13-11(19)9-12(10-7-5-4-6-8-10)24-16(13)18(23-3)17(22-2)14(15)20/h4-8,12,20H,9H2,1-3H3/t12-/m1/s1. The molecule has 1 aliphatic heterocycles. The molecule has 0 spiro atoms. The lowest BCUT2D eigenvalue weighted by molar-refractivity contribution is 0.0833. The van der Waals surface area contributed by atoms with E-state index in [1.807, 2.05) is 30.3 Å². The van der Waals surface area contributed by atoms with Crippen LogP contribution in [0.25, 0.3) is 0 Å². The summed E-state index contributed by atoms with van der Waals surface area (Å²) in [5.74, 6) is -0.00780. The number of phenolic OH excluding ortho intramolecular Hbond substituents is 1. The number of ketones is 1. The van der Waals surface area contributed by atoms with Crippen molar-refractivity contribution in [3.63, 3.8) is 0 Å². The lowest BCUT2D eigenvalue weighted by Crippen LogP contribution is -2.22. The Kier molecular flexibility index (Phi) is 4.20. The first kappa shape index (κ1) is 16.0. The van der Waals surface area contributed by atoms with Crippen molar-refractivity contribution in [2.75, 3.05) is 21.3 Å². The Morgan fingerprint density at radius 2 is 1.62 bits per heavy atom. The SMILES string of the molecule is COc1c(O)c(OC)c2c(c1OC)O[C@@H](c1ccccc1)CC2=O. The highest BCUT2D eigenvalue weighted by atomic mass is 16.5. The molecule has 6 nitrogen and oxygen atoms in total. The molecule has 0 fully saturated rings. The molecule has 2 aromatic carbocycles. The summed E-state index contributed by atoms with van der Waals surface area (Å²) in [7, 11) is 4.19. The fourth-order valence-electron chi connectivity index (χ4n) is 2.90. The number of carbonyl (C=O) groups excluding carboxylic acids is 1. The topological polar surface area (TPSA) is 74.2 Å². The predicted octanol–water partition coefficient (Wildman–Crippen LogP) is 3.12. The monoisotopic (exact) mass is 330 g/mol. The van der Waals surface area contributed by atoms with Crippen LogP contribution in [-0.4, -0.2) is 32.2 Å². The van der Waals surface area contributed by atoms with E-state index in [1.165, 1.54) is 21.3 Å². The first-order chi connectivity index (χ1) is 11.6. The van der Waals surface area contributed by atoms with E-state index in [0.29, 0.717) is 0 Å². The smallest absolute Gasteiger partial charge is 0.211 e. The van der Waals surface area contributed by atoms with Gasteiger partial charge in [0.2, 0.25) is 17.2 Å². The van der Waals surface area contributed by atoms with Crippen LogP contribution in [0.1, 0.15) is 28.4 Å². The van der Waals surface area contributed by atoms with Gasteiger partial charge in [-0.1, -0.05) is 30.3 Å². The molecule has 0 saturated carbocycles. The number of benzene rings is 2. The highest BCUT2D eigenvalue weighted by molar-refractivity contribution is 6.05. The van der Waals surface area contributed by atoms with E-state index in [2.05, 4.69) is 0 Å². The van der Waals surface area contributed by atoms with E-state index in [4.69, 9.17) is 18.9 Å². The van der Waals surface area contributed by atoms with Gasteiger partial charge in [-0.2, -0.15) is 0 Å². The lowest BCUT2D eigenvalue weighted by Gasteiger charge is -2.29. The lowest BCUT2D eigenvalue weighted by atomic mass is 9.94. The average molecular weight is 330 g/mol. The summed E-state index contributed by atoms with van der Waals surface area (Å²) >= 11 is 0. The fraction of sp³-hybridized carbons (Fsp3) is 0.278. The molecule has 6 heteroatoms. The molecule has 1 atom stereocenters. The summed E-state index contributed by atoms with van der Waals surface area (Å²) in [5, 5.41) is 10.3. The van der Waals surface area contributed by atoms with Crippen LogP contribution in [0.4, 0.5) is 0 Å². The van der Waals surface area contributed by atoms with E-state index in [1.54, 1.807) is 0 Å². The van der Waals surface area contributed by atoms with Gasteiger partial charge in [-0.3, -0.25) is 4.79 Å². The number of methoxy groups -OCH3 is 3. The minimum Gasteiger partial charge on any atom is -0.502 e. The van der Waals surface area contributed by atoms with E-state index >= 15 is 0 Å². The van der Waals surface area contributed by atoms with Gasteiger partial charge in [-0.15, -0.1) is 0 Å². The molecule has 3 rings (SSSR count). The molecule has 1 N–H and O–H groups in total. The van der Waals surface area contributed by atoms with Gasteiger partial charge in [-0.05, 0) is 5.56 Å². The van der Waals surface area contributed by atoms with Gasteiger partial charge in [0.15, 0.2) is 17.3 Å². The molecule has 0 unspecified atom stereocenters. The molecule has 24 heavy (non-hydrogen) atoms. The largest absolute Gasteiger partial charge is 0.502 e. The molecule has 0 bridgehead atoms. The van der Waals surface area contributed by atoms with Crippen molar-refractivity contribution in [3.8, 4) is 28.7 Å². The van der Waals surface area contributed by atoms with E-state index in [9.17, 15) is 9.90 Å². The maximum absolute atomic E-state index is 12.7. The Morgan fingerprint density at radius 1 is 1.00 bits per heavy atom. The number of fused-ring (bicyclic) bond motifs is 1. The van der Waals surface area contributed by atoms with Crippen LogP contribution in [0, 0.1) is 0 Å². The Hall–Kier alpha value is -2.89. The average Bonchev–Trinajstić information content (AvgIpc) is 2.61. The summed E-state index contributed by atoms with van der Waals surface area (Å²) < 4.78 is 21.8. The zero-order valence-electron chi connectivity index (χ0n) is 13.7. The minimum absolute atomic E-state index is 0.0270. The van der Waals surface area contributed by atoms with Crippen LogP contribution in [-0.2, 0) is 0 Å². The van der Waals surface area contributed by atoms with Gasteiger partial charge in [-0.25, -0.2) is 0 Å². The minimum atomic E-state index is -0.445. The van der Waals surface area contributed by atoms with Crippen LogP contribution >= 0.6 is 0 Å². The normalized spacial score (nSPS) is 16.1. The number of ether oxygens (including phenoxy) is 4. The molecule has 0 radical (unpaired) electrons. The van der Waals surface area contributed by atoms with Gasteiger partial charge in [0.1, 0.15) is 11.7 Å². The van der Waals surface area contributed by atoms with E-state index in [0.717, 1.165) is 5.56 Å². The van der Waals surface area contributed by atoms with Gasteiger partial charge in [0.05, 0.1) is 27.8 Å². The second kappa shape index (κ2) is 6.31. The van der Waals surface area contributed by atoms with Crippen molar-refractivity contribution in [2.45, 2.75) is 12.5 Å². The number of rotatable bonds is 4. The first-order valence-electron chi connectivity index (χ1n) is 7.42. The molecule has 0 saturated heterocycles. The first-order valence-corrected chi connectivity index (χ1v) is 7.42. The zero-order valence-corrected chi connectivity index (χ0v) is 13.7. The van der Waals surface area contributed by atoms with Gasteiger partial charge < -0.3 is 24.1 Å². The maximum atomic E-state index is 12.7. The van der Waals surface area contributed by atoms with Crippen molar-refractivity contribution in [1.29, 1.82) is 0 Å². The summed E-state index contributed by atoms with van der Waals surface area (Å²) in [6.07, 6.45) is -0.304. The number of carbonyl (C=O) groups is 1. The van der Waals surface area contributed by atoms with E-state index < -0.39 is 6.10 Å². The summed E-state index contributed by atoms with van der Waals surface area (Å²) in [6, 6.07) is 9.45. The summed E-state index contributed by atoms with van der Waals surface area (Å²) in [6.45, 7) is 0. The van der Waals surface area contributed by atoms with Crippen LogP contribution in [0.15, 0.2) is 30.3 Å². The van der Waals surface area contributed by atoms with Crippen LogP contribution < -0.4 is 18.9 Å². The molecule has 0 aliphatic carbocycles. The van der Waals surface area contributed by atoms with Crippen LogP contribution in [0.3, 0.4) is 0 Å². The molecule has 0 aromatic heterocycles. The quantitative estimate of drug-likeness (QED) is 0.928. The number of hydrogen-bond acceptors (Lipinski definition) is 6. The summed E-state index contributed by atoms with van der Waals surface area (Å²) in [5.41, 5.74) is 1.05. The third-order valence-corrected chi connectivity index (χ3v) is 3.99. The van der Waals surface area contributed by atoms with Crippen molar-refractivity contribution >= 4 is 5.78 Å². The zero-order chi connectivity index (χ0) is 17.3. The Balaban J connectivity index is 2.19. The Bertz CT molecular complexity index is 769. The highest BCUT2D eigenvalue weighted by Gasteiger charge is 2.37. The van der Waals surface area contributed by atoms with Crippen molar-refractivity contribution in [2.24, 2.45) is 0 Å². The van der Waals surface area contributed by atoms with Gasteiger partial charge >= 0.3 is 0 Å². The number of Topliss-reactive ketones (excluding diaryl/α,β-unsaturated/α-hetero) is 1. The van der Waals surface area contributed by atoms with Crippen molar-refractivity contribution in [3.05, 3.63) is 41.5 Å². The summed E-state index contributed by atoms with van der Waals surface area (Å²) in [4.78, 5) is 12.7. The molecular weight excluding hydrogens is 312 g/mol. The second-order valence-electron chi connectivity index (χ2n) is 5.30.